The molecule has 1 heterocycles. The monoisotopic (exact) mass is 274 g/mol. The molecule has 3 nitrogen and oxygen atoms in total. The van der Waals surface area contributed by atoms with Crippen LogP contribution in [0, 0.1) is 0 Å². The van der Waals surface area contributed by atoms with Crippen LogP contribution in [0.1, 0.15) is 37.7 Å². The molecule has 1 aliphatic carbocycles. The molecule has 0 bridgehead atoms. The second kappa shape index (κ2) is 6.25. The molecule has 2 fully saturated rings. The number of nitrogens with zero attached hydrogens (tertiary/aromatic N) is 1. The molecule has 1 saturated heterocycles. The van der Waals surface area contributed by atoms with Gasteiger partial charge in [-0.2, -0.15) is 0 Å². The summed E-state index contributed by atoms with van der Waals surface area (Å²) in [6.07, 6.45) is 6.30. The van der Waals surface area contributed by atoms with Crippen LogP contribution in [0.15, 0.2) is 30.3 Å². The molecule has 2 aliphatic rings. The van der Waals surface area contributed by atoms with Crippen LogP contribution in [0.25, 0.3) is 0 Å². The molecule has 1 saturated carbocycles. The minimum atomic E-state index is -0.0897. The zero-order chi connectivity index (χ0) is 13.8. The molecule has 0 amide bonds. The molecule has 0 aromatic heterocycles. The quantitative estimate of drug-likeness (QED) is 0.920. The Bertz CT molecular complexity index is 414. The fourth-order valence-corrected chi connectivity index (χ4v) is 3.57. The van der Waals surface area contributed by atoms with E-state index in [0.717, 1.165) is 39.1 Å². The number of benzene rings is 1. The van der Waals surface area contributed by atoms with Crippen LogP contribution in [0.4, 0.5) is 0 Å². The van der Waals surface area contributed by atoms with Gasteiger partial charge in [0.15, 0.2) is 0 Å². The van der Waals surface area contributed by atoms with Crippen LogP contribution in [-0.4, -0.2) is 36.2 Å². The van der Waals surface area contributed by atoms with Crippen LogP contribution < -0.4 is 5.73 Å². The van der Waals surface area contributed by atoms with Gasteiger partial charge in [0.05, 0.1) is 12.7 Å². The van der Waals surface area contributed by atoms with Gasteiger partial charge in [0.25, 0.3) is 0 Å². The smallest absolute Gasteiger partial charge is 0.0881 e. The highest BCUT2D eigenvalue weighted by molar-refractivity contribution is 5.14. The molecule has 1 atom stereocenters. The van der Waals surface area contributed by atoms with Gasteiger partial charge in [-0.3, -0.25) is 4.90 Å². The van der Waals surface area contributed by atoms with Gasteiger partial charge in [0.1, 0.15) is 0 Å². The first-order valence-electron chi connectivity index (χ1n) is 7.93. The maximum Gasteiger partial charge on any atom is 0.0881 e. The molecule has 0 spiro atoms. The van der Waals surface area contributed by atoms with E-state index < -0.39 is 0 Å². The van der Waals surface area contributed by atoms with Crippen LogP contribution >= 0.6 is 0 Å². The average molecular weight is 274 g/mol. The third-order valence-electron chi connectivity index (χ3n) is 4.83. The maximum absolute atomic E-state index is 6.64. The van der Waals surface area contributed by atoms with Gasteiger partial charge < -0.3 is 10.5 Å². The van der Waals surface area contributed by atoms with Crippen LogP contribution in [0.3, 0.4) is 0 Å². The molecule has 1 aromatic carbocycles. The number of hydrogen-bond acceptors (Lipinski definition) is 3. The average Bonchev–Trinajstić information content (AvgIpc) is 2.49. The fraction of sp³-hybridized carbons (Fsp3) is 0.647. The van der Waals surface area contributed by atoms with Gasteiger partial charge in [-0.25, -0.2) is 0 Å². The molecule has 20 heavy (non-hydrogen) atoms. The molecule has 3 rings (SSSR count). The number of nitrogens with two attached hydrogens (primary N) is 1. The summed E-state index contributed by atoms with van der Waals surface area (Å²) in [5.41, 5.74) is 7.93. The molecule has 1 aliphatic heterocycles. The van der Waals surface area contributed by atoms with Crippen molar-refractivity contribution < 1.29 is 4.74 Å². The Labute approximate surface area is 122 Å². The van der Waals surface area contributed by atoms with Gasteiger partial charge in [-0.15, -0.1) is 0 Å². The Morgan fingerprint density at radius 2 is 1.90 bits per heavy atom. The van der Waals surface area contributed by atoms with Crippen molar-refractivity contribution in [1.82, 2.24) is 4.90 Å². The van der Waals surface area contributed by atoms with Crippen molar-refractivity contribution in [3.63, 3.8) is 0 Å². The van der Waals surface area contributed by atoms with E-state index in [1.54, 1.807) is 0 Å². The van der Waals surface area contributed by atoms with Crippen molar-refractivity contribution >= 4 is 0 Å². The second-order valence-electron chi connectivity index (χ2n) is 6.37. The van der Waals surface area contributed by atoms with E-state index in [1.165, 1.54) is 24.8 Å². The zero-order valence-electron chi connectivity index (χ0n) is 12.3. The lowest BCUT2D eigenvalue weighted by molar-refractivity contribution is -0.0773. The standard InChI is InChI=1S/C17H26N2O/c18-17(9-5-2-6-10-17)16-14-19(11-12-20-16)13-15-7-3-1-4-8-15/h1,3-4,7-8,16H,2,5-6,9-14,18H2. The second-order valence-corrected chi connectivity index (χ2v) is 6.37. The molecule has 3 heteroatoms. The Morgan fingerprint density at radius 1 is 1.15 bits per heavy atom. The van der Waals surface area contributed by atoms with Crippen LogP contribution in [0.5, 0.6) is 0 Å². The molecule has 1 aromatic rings. The van der Waals surface area contributed by atoms with Crippen molar-refractivity contribution in [3.8, 4) is 0 Å². The summed E-state index contributed by atoms with van der Waals surface area (Å²) in [6.45, 7) is 3.82. The van der Waals surface area contributed by atoms with Gasteiger partial charge in [-0.05, 0) is 18.4 Å². The normalized spacial score (nSPS) is 27.4. The van der Waals surface area contributed by atoms with Gasteiger partial charge in [0, 0.05) is 25.2 Å². The zero-order valence-corrected chi connectivity index (χ0v) is 12.3. The van der Waals surface area contributed by atoms with Crippen molar-refractivity contribution in [2.24, 2.45) is 5.73 Å². The number of rotatable bonds is 3. The van der Waals surface area contributed by atoms with Crippen molar-refractivity contribution in [3.05, 3.63) is 35.9 Å². The highest BCUT2D eigenvalue weighted by atomic mass is 16.5. The summed E-state index contributed by atoms with van der Waals surface area (Å²) in [5, 5.41) is 0. The van der Waals surface area contributed by atoms with Crippen LogP contribution in [0.2, 0.25) is 0 Å². The summed E-state index contributed by atoms with van der Waals surface area (Å²) in [5.74, 6) is 0. The first-order valence-corrected chi connectivity index (χ1v) is 7.93. The molecular formula is C17H26N2O. The summed E-state index contributed by atoms with van der Waals surface area (Å²) in [4.78, 5) is 2.49. The molecule has 110 valence electrons. The molecule has 0 radical (unpaired) electrons. The van der Waals surface area contributed by atoms with Gasteiger partial charge in [0.2, 0.25) is 0 Å². The van der Waals surface area contributed by atoms with Crippen molar-refractivity contribution in [1.29, 1.82) is 0 Å². The predicted molar refractivity (Wildman–Crippen MR) is 81.5 cm³/mol. The minimum absolute atomic E-state index is 0.0897. The van der Waals surface area contributed by atoms with Crippen molar-refractivity contribution in [2.45, 2.75) is 50.3 Å². The maximum atomic E-state index is 6.64. The lowest BCUT2D eigenvalue weighted by atomic mass is 9.78. The minimum Gasteiger partial charge on any atom is -0.374 e. The van der Waals surface area contributed by atoms with E-state index in [1.807, 2.05) is 0 Å². The molecule has 1 unspecified atom stereocenters. The number of ether oxygens (including phenoxy) is 1. The highest BCUT2D eigenvalue weighted by Crippen LogP contribution is 2.32. The number of hydrogen-bond donors (Lipinski definition) is 1. The Hall–Kier alpha value is -0.900. The summed E-state index contributed by atoms with van der Waals surface area (Å²) < 4.78 is 6.02. The highest BCUT2D eigenvalue weighted by Gasteiger charge is 2.39. The predicted octanol–water partition coefficient (Wildman–Crippen LogP) is 2.55. The Kier molecular flexibility index (Phi) is 4.39. The Balaban J connectivity index is 1.61. The summed E-state index contributed by atoms with van der Waals surface area (Å²) >= 11 is 0. The van der Waals surface area contributed by atoms with E-state index in [2.05, 4.69) is 35.2 Å². The molecular weight excluding hydrogens is 248 g/mol. The molecule has 2 N–H and O–H groups in total. The summed E-state index contributed by atoms with van der Waals surface area (Å²) in [6, 6.07) is 10.7. The van der Waals surface area contributed by atoms with E-state index in [-0.39, 0.29) is 11.6 Å². The fourth-order valence-electron chi connectivity index (χ4n) is 3.57. The van der Waals surface area contributed by atoms with Crippen molar-refractivity contribution in [2.75, 3.05) is 19.7 Å². The summed E-state index contributed by atoms with van der Waals surface area (Å²) in [7, 11) is 0. The van der Waals surface area contributed by atoms with Gasteiger partial charge in [-0.1, -0.05) is 49.6 Å². The Morgan fingerprint density at radius 3 is 2.65 bits per heavy atom. The van der Waals surface area contributed by atoms with Crippen LogP contribution in [-0.2, 0) is 11.3 Å². The van der Waals surface area contributed by atoms with E-state index >= 15 is 0 Å². The van der Waals surface area contributed by atoms with E-state index in [4.69, 9.17) is 10.5 Å². The third-order valence-corrected chi connectivity index (χ3v) is 4.83. The van der Waals surface area contributed by atoms with Gasteiger partial charge >= 0.3 is 0 Å². The lowest BCUT2D eigenvalue weighted by Crippen LogP contribution is -2.59. The topological polar surface area (TPSA) is 38.5 Å². The van der Waals surface area contributed by atoms with E-state index in [9.17, 15) is 0 Å². The third kappa shape index (κ3) is 3.22. The number of morpholine rings is 1. The SMILES string of the molecule is NC1(C2CN(Cc3ccccc3)CCO2)CCCCC1. The first-order chi connectivity index (χ1) is 9.76. The van der Waals surface area contributed by atoms with E-state index in [0.29, 0.717) is 0 Å². The first kappa shape index (κ1) is 14.1. The lowest BCUT2D eigenvalue weighted by Gasteiger charge is -2.45. The largest absolute Gasteiger partial charge is 0.374 e.